The summed E-state index contributed by atoms with van der Waals surface area (Å²) in [5, 5.41) is 3.64. The number of hydrogen-bond donors (Lipinski definition) is 1. The fraction of sp³-hybridized carbons (Fsp3) is 0.292. The largest absolute Gasteiger partial charge is 0.468 e. The summed E-state index contributed by atoms with van der Waals surface area (Å²) in [7, 11) is 0. The number of hydrogen-bond acceptors (Lipinski definition) is 4. The molecule has 0 spiro atoms. The highest BCUT2D eigenvalue weighted by Gasteiger charge is 2.17. The fourth-order valence-corrected chi connectivity index (χ4v) is 3.80. The van der Waals surface area contributed by atoms with Crippen LogP contribution in [0.5, 0.6) is 0 Å². The summed E-state index contributed by atoms with van der Waals surface area (Å²) < 4.78 is 5.44. The molecule has 156 valence electrons. The zero-order valence-electron chi connectivity index (χ0n) is 16.9. The Morgan fingerprint density at radius 2 is 1.50 bits per heavy atom. The summed E-state index contributed by atoms with van der Waals surface area (Å²) in [6.07, 6.45) is 2.07. The van der Waals surface area contributed by atoms with E-state index in [2.05, 4.69) is 27.2 Å². The van der Waals surface area contributed by atoms with Gasteiger partial charge in [-0.15, -0.1) is 0 Å². The maximum atomic E-state index is 12.2. The minimum absolute atomic E-state index is 0.0299. The van der Waals surface area contributed by atoms with Crippen molar-refractivity contribution in [1.82, 2.24) is 9.80 Å². The molecule has 0 unspecified atom stereocenters. The van der Waals surface area contributed by atoms with Crippen LogP contribution in [-0.2, 0) is 24.3 Å². The van der Waals surface area contributed by atoms with Gasteiger partial charge in [0.2, 0.25) is 5.91 Å². The van der Waals surface area contributed by atoms with Gasteiger partial charge in [-0.05, 0) is 47.5 Å². The number of benzene rings is 2. The molecular formula is C24H26ClN3O2. The molecule has 30 heavy (non-hydrogen) atoms. The summed E-state index contributed by atoms with van der Waals surface area (Å²) in [4.78, 5) is 17.1. The number of rotatable bonds is 7. The minimum atomic E-state index is -0.0299. The summed E-state index contributed by atoms with van der Waals surface area (Å²) in [5.74, 6) is 0.995. The Labute approximate surface area is 182 Å². The quantitative estimate of drug-likeness (QED) is 0.610. The molecule has 1 amide bonds. The number of anilines is 1. The van der Waals surface area contributed by atoms with Crippen LogP contribution in [-0.4, -0.2) is 41.9 Å². The third kappa shape index (κ3) is 5.95. The molecule has 2 aromatic carbocycles. The second kappa shape index (κ2) is 9.94. The summed E-state index contributed by atoms with van der Waals surface area (Å²) in [6.45, 7) is 5.97. The Morgan fingerprint density at radius 3 is 2.13 bits per heavy atom. The second-order valence-corrected chi connectivity index (χ2v) is 8.12. The summed E-state index contributed by atoms with van der Waals surface area (Å²) in [6, 6.07) is 19.5. The first-order chi connectivity index (χ1) is 14.6. The van der Waals surface area contributed by atoms with Gasteiger partial charge in [-0.25, -0.2) is 0 Å². The second-order valence-electron chi connectivity index (χ2n) is 7.68. The van der Waals surface area contributed by atoms with Crippen molar-refractivity contribution < 1.29 is 9.21 Å². The van der Waals surface area contributed by atoms with E-state index >= 15 is 0 Å². The summed E-state index contributed by atoms with van der Waals surface area (Å²) in [5.41, 5.74) is 3.02. The molecule has 0 aliphatic carbocycles. The first kappa shape index (κ1) is 20.7. The molecule has 1 N–H and O–H groups in total. The molecule has 1 saturated heterocycles. The molecule has 6 heteroatoms. The molecule has 0 saturated carbocycles. The van der Waals surface area contributed by atoms with Gasteiger partial charge in [0.05, 0.1) is 19.2 Å². The molecule has 1 aliphatic heterocycles. The van der Waals surface area contributed by atoms with Gasteiger partial charge >= 0.3 is 0 Å². The molecule has 0 atom stereocenters. The highest BCUT2D eigenvalue weighted by molar-refractivity contribution is 6.30. The molecule has 5 nitrogen and oxygen atoms in total. The molecular weight excluding hydrogens is 398 g/mol. The lowest BCUT2D eigenvalue weighted by atomic mass is 10.1. The predicted octanol–water partition coefficient (Wildman–Crippen LogP) is 4.43. The van der Waals surface area contributed by atoms with E-state index in [0.717, 1.165) is 56.3 Å². The number of carbonyl (C=O) groups excluding carboxylic acids is 1. The van der Waals surface area contributed by atoms with Crippen LogP contribution in [0.4, 0.5) is 5.69 Å². The van der Waals surface area contributed by atoms with Gasteiger partial charge in [-0.3, -0.25) is 14.6 Å². The van der Waals surface area contributed by atoms with Gasteiger partial charge < -0.3 is 9.73 Å². The van der Waals surface area contributed by atoms with Crippen LogP contribution in [0.15, 0.2) is 71.3 Å². The van der Waals surface area contributed by atoms with Crippen molar-refractivity contribution in [2.45, 2.75) is 19.5 Å². The molecule has 3 aromatic rings. The fourth-order valence-electron chi connectivity index (χ4n) is 3.67. The van der Waals surface area contributed by atoms with Gasteiger partial charge in [0.15, 0.2) is 0 Å². The van der Waals surface area contributed by atoms with Crippen LogP contribution in [0, 0.1) is 0 Å². The van der Waals surface area contributed by atoms with Gasteiger partial charge in [0.1, 0.15) is 5.76 Å². The van der Waals surface area contributed by atoms with Crippen LogP contribution >= 0.6 is 11.6 Å². The van der Waals surface area contributed by atoms with E-state index in [1.54, 1.807) is 18.4 Å². The minimum Gasteiger partial charge on any atom is -0.468 e. The Bertz CT molecular complexity index is 932. The molecule has 0 radical (unpaired) electrons. The number of furan rings is 1. The summed E-state index contributed by atoms with van der Waals surface area (Å²) >= 11 is 5.89. The molecule has 2 heterocycles. The average molecular weight is 424 g/mol. The molecule has 1 aromatic heterocycles. The van der Waals surface area contributed by atoms with Crippen LogP contribution in [0.3, 0.4) is 0 Å². The van der Waals surface area contributed by atoms with E-state index in [1.807, 2.05) is 36.4 Å². The monoisotopic (exact) mass is 423 g/mol. The zero-order valence-corrected chi connectivity index (χ0v) is 17.6. The van der Waals surface area contributed by atoms with Gasteiger partial charge in [-0.2, -0.15) is 0 Å². The lowest BCUT2D eigenvalue weighted by molar-refractivity contribution is -0.115. The van der Waals surface area contributed by atoms with Crippen LogP contribution in [0.1, 0.15) is 16.9 Å². The molecule has 0 bridgehead atoms. The maximum Gasteiger partial charge on any atom is 0.228 e. The van der Waals surface area contributed by atoms with E-state index in [4.69, 9.17) is 16.0 Å². The number of carbonyl (C=O) groups is 1. The number of amides is 1. The third-order valence-electron chi connectivity index (χ3n) is 5.35. The SMILES string of the molecule is O=C(Cc1ccc(Cl)cc1)Nc1ccc(CN2CCN(Cc3ccco3)CC2)cc1. The highest BCUT2D eigenvalue weighted by atomic mass is 35.5. The Hall–Kier alpha value is -2.60. The molecule has 1 fully saturated rings. The Balaban J connectivity index is 1.22. The average Bonchev–Trinajstić information content (AvgIpc) is 3.26. The number of nitrogens with zero attached hydrogens (tertiary/aromatic N) is 2. The van der Waals surface area contributed by atoms with Crippen LogP contribution < -0.4 is 5.32 Å². The van der Waals surface area contributed by atoms with Crippen molar-refractivity contribution >= 4 is 23.2 Å². The van der Waals surface area contributed by atoms with Crippen LogP contribution in [0.25, 0.3) is 0 Å². The van der Waals surface area contributed by atoms with Gasteiger partial charge in [0, 0.05) is 43.4 Å². The van der Waals surface area contributed by atoms with Crippen molar-refractivity contribution in [3.8, 4) is 0 Å². The van der Waals surface area contributed by atoms with Gasteiger partial charge in [-0.1, -0.05) is 35.9 Å². The smallest absolute Gasteiger partial charge is 0.228 e. The normalized spacial score (nSPS) is 15.2. The number of nitrogens with one attached hydrogen (secondary N) is 1. The van der Waals surface area contributed by atoms with Gasteiger partial charge in [0.25, 0.3) is 0 Å². The topological polar surface area (TPSA) is 48.7 Å². The number of piperazine rings is 1. The van der Waals surface area contributed by atoms with E-state index in [1.165, 1.54) is 5.56 Å². The van der Waals surface area contributed by atoms with E-state index < -0.39 is 0 Å². The first-order valence-corrected chi connectivity index (χ1v) is 10.6. The van der Waals surface area contributed by atoms with E-state index in [0.29, 0.717) is 11.4 Å². The predicted molar refractivity (Wildman–Crippen MR) is 119 cm³/mol. The standard InChI is InChI=1S/C24H26ClN3O2/c25-21-7-3-19(4-8-21)16-24(29)26-22-9-5-20(6-10-22)17-27-11-13-28(14-12-27)18-23-2-1-15-30-23/h1-10,15H,11-14,16-18H2,(H,26,29). The molecule has 4 rings (SSSR count). The van der Waals surface area contributed by atoms with Crippen molar-refractivity contribution in [2.24, 2.45) is 0 Å². The van der Waals surface area contributed by atoms with Crippen molar-refractivity contribution in [2.75, 3.05) is 31.5 Å². The lowest BCUT2D eigenvalue weighted by Gasteiger charge is -2.34. The van der Waals surface area contributed by atoms with Crippen molar-refractivity contribution in [3.05, 3.63) is 88.8 Å². The van der Waals surface area contributed by atoms with E-state index in [-0.39, 0.29) is 5.91 Å². The lowest BCUT2D eigenvalue weighted by Crippen LogP contribution is -2.45. The molecule has 1 aliphatic rings. The van der Waals surface area contributed by atoms with Crippen LogP contribution in [0.2, 0.25) is 5.02 Å². The van der Waals surface area contributed by atoms with Crippen molar-refractivity contribution in [3.63, 3.8) is 0 Å². The third-order valence-corrected chi connectivity index (χ3v) is 5.60. The van der Waals surface area contributed by atoms with E-state index in [9.17, 15) is 4.79 Å². The Morgan fingerprint density at radius 1 is 0.867 bits per heavy atom. The maximum absolute atomic E-state index is 12.2. The zero-order chi connectivity index (χ0) is 20.8. The highest BCUT2D eigenvalue weighted by Crippen LogP contribution is 2.15. The van der Waals surface area contributed by atoms with Crippen molar-refractivity contribution in [1.29, 1.82) is 0 Å². The number of halogens is 1. The Kier molecular flexibility index (Phi) is 6.84. The first-order valence-electron chi connectivity index (χ1n) is 10.2.